The van der Waals surface area contributed by atoms with Gasteiger partial charge in [0.15, 0.2) is 0 Å². The van der Waals surface area contributed by atoms with Gasteiger partial charge in [0.1, 0.15) is 0 Å². The van der Waals surface area contributed by atoms with Crippen LogP contribution >= 0.6 is 0 Å². The third kappa shape index (κ3) is 1.72. The van der Waals surface area contributed by atoms with Crippen LogP contribution in [0.15, 0.2) is 0 Å². The van der Waals surface area contributed by atoms with Gasteiger partial charge in [-0.2, -0.15) is 0 Å². The summed E-state index contributed by atoms with van der Waals surface area (Å²) in [5.74, 6) is 1.46. The van der Waals surface area contributed by atoms with Crippen LogP contribution in [-0.4, -0.2) is 12.7 Å². The Labute approximate surface area is 63.8 Å². The molecule has 1 heterocycles. The van der Waals surface area contributed by atoms with E-state index in [-0.39, 0.29) is 0 Å². The van der Waals surface area contributed by atoms with Gasteiger partial charge in [0, 0.05) is 6.61 Å². The second-order valence-corrected chi connectivity index (χ2v) is 3.70. The monoisotopic (exact) mass is 142 g/mol. The first-order chi connectivity index (χ1) is 4.72. The van der Waals surface area contributed by atoms with Gasteiger partial charge in [-0.15, -0.1) is 0 Å². The molecule has 0 aromatic carbocycles. The molecule has 0 aromatic heterocycles. The van der Waals surface area contributed by atoms with E-state index in [0.717, 1.165) is 12.5 Å². The van der Waals surface area contributed by atoms with Crippen molar-refractivity contribution in [2.45, 2.75) is 39.7 Å². The van der Waals surface area contributed by atoms with Crippen molar-refractivity contribution in [1.29, 1.82) is 0 Å². The van der Waals surface area contributed by atoms with Crippen molar-refractivity contribution in [3.8, 4) is 0 Å². The second kappa shape index (κ2) is 3.38. The normalized spacial score (nSPS) is 34.8. The van der Waals surface area contributed by atoms with Crippen LogP contribution < -0.4 is 0 Å². The Morgan fingerprint density at radius 2 is 2.10 bits per heavy atom. The molecule has 1 saturated heterocycles. The fourth-order valence-electron chi connectivity index (χ4n) is 1.80. The first-order valence-electron chi connectivity index (χ1n) is 4.33. The van der Waals surface area contributed by atoms with Crippen molar-refractivity contribution in [2.24, 2.45) is 11.8 Å². The molecule has 2 atom stereocenters. The summed E-state index contributed by atoms with van der Waals surface area (Å²) in [6.07, 6.45) is 3.13. The van der Waals surface area contributed by atoms with Gasteiger partial charge in [-0.05, 0) is 24.7 Å². The molecule has 60 valence electrons. The first kappa shape index (κ1) is 8.06. The molecule has 0 amide bonds. The average molecular weight is 142 g/mol. The maximum atomic E-state index is 5.65. The topological polar surface area (TPSA) is 9.23 Å². The Balaban J connectivity index is 2.40. The van der Waals surface area contributed by atoms with Crippen LogP contribution in [0.2, 0.25) is 0 Å². The smallest absolute Gasteiger partial charge is 0.0623 e. The van der Waals surface area contributed by atoms with E-state index in [0.29, 0.717) is 12.0 Å². The molecule has 1 heteroatoms. The van der Waals surface area contributed by atoms with Crippen molar-refractivity contribution < 1.29 is 4.74 Å². The summed E-state index contributed by atoms with van der Waals surface area (Å²) in [5.41, 5.74) is 0. The quantitative estimate of drug-likeness (QED) is 0.546. The summed E-state index contributed by atoms with van der Waals surface area (Å²) in [7, 11) is 0. The molecule has 1 fully saturated rings. The summed E-state index contributed by atoms with van der Waals surface area (Å²) in [6.45, 7) is 7.76. The molecule has 1 nitrogen and oxygen atoms in total. The van der Waals surface area contributed by atoms with E-state index in [1.165, 1.54) is 12.8 Å². The van der Waals surface area contributed by atoms with Gasteiger partial charge in [0.25, 0.3) is 0 Å². The first-order valence-corrected chi connectivity index (χ1v) is 4.33. The number of hydrogen-bond acceptors (Lipinski definition) is 1. The molecule has 1 rings (SSSR count). The van der Waals surface area contributed by atoms with Gasteiger partial charge in [0.05, 0.1) is 6.10 Å². The van der Waals surface area contributed by atoms with E-state index in [1.807, 2.05) is 0 Å². The van der Waals surface area contributed by atoms with E-state index >= 15 is 0 Å². The minimum atomic E-state index is 0.522. The summed E-state index contributed by atoms with van der Waals surface area (Å²) in [6, 6.07) is 0. The molecule has 0 aliphatic carbocycles. The standard InChI is InChI=1S/C9H18O/c1-7(2)9-8(3)5-4-6-10-9/h7-9H,4-6H2,1-3H3/t8-,9-/m1/s1. The van der Waals surface area contributed by atoms with E-state index in [9.17, 15) is 0 Å². The zero-order chi connectivity index (χ0) is 7.56. The minimum absolute atomic E-state index is 0.522. The van der Waals surface area contributed by atoms with Crippen molar-refractivity contribution in [3.05, 3.63) is 0 Å². The Bertz CT molecular complexity index is 98.9. The van der Waals surface area contributed by atoms with Crippen molar-refractivity contribution >= 4 is 0 Å². The third-order valence-electron chi connectivity index (χ3n) is 2.33. The fraction of sp³-hybridized carbons (Fsp3) is 1.00. The fourth-order valence-corrected chi connectivity index (χ4v) is 1.80. The highest BCUT2D eigenvalue weighted by atomic mass is 16.5. The van der Waals surface area contributed by atoms with Crippen molar-refractivity contribution in [3.63, 3.8) is 0 Å². The van der Waals surface area contributed by atoms with Gasteiger partial charge < -0.3 is 4.74 Å². The Kier molecular flexibility index (Phi) is 2.72. The summed E-state index contributed by atoms with van der Waals surface area (Å²) in [5, 5.41) is 0. The van der Waals surface area contributed by atoms with Gasteiger partial charge >= 0.3 is 0 Å². The van der Waals surface area contributed by atoms with Crippen LogP contribution in [0, 0.1) is 11.8 Å². The molecule has 0 saturated carbocycles. The molecule has 10 heavy (non-hydrogen) atoms. The largest absolute Gasteiger partial charge is 0.378 e. The molecule has 1 aliphatic rings. The van der Waals surface area contributed by atoms with Crippen LogP contribution in [0.25, 0.3) is 0 Å². The van der Waals surface area contributed by atoms with E-state index in [4.69, 9.17) is 4.74 Å². The third-order valence-corrected chi connectivity index (χ3v) is 2.33. The maximum Gasteiger partial charge on any atom is 0.0623 e. The number of rotatable bonds is 1. The van der Waals surface area contributed by atoms with E-state index < -0.39 is 0 Å². The van der Waals surface area contributed by atoms with E-state index in [1.54, 1.807) is 0 Å². The maximum absolute atomic E-state index is 5.65. The lowest BCUT2D eigenvalue weighted by Gasteiger charge is -2.31. The van der Waals surface area contributed by atoms with Gasteiger partial charge in [0.2, 0.25) is 0 Å². The van der Waals surface area contributed by atoms with Crippen molar-refractivity contribution in [2.75, 3.05) is 6.61 Å². The van der Waals surface area contributed by atoms with Gasteiger partial charge in [-0.1, -0.05) is 20.8 Å². The van der Waals surface area contributed by atoms with Crippen LogP contribution in [0.4, 0.5) is 0 Å². The lowest BCUT2D eigenvalue weighted by atomic mass is 9.89. The summed E-state index contributed by atoms with van der Waals surface area (Å²) >= 11 is 0. The Morgan fingerprint density at radius 1 is 1.40 bits per heavy atom. The predicted molar refractivity (Wildman–Crippen MR) is 43.0 cm³/mol. The molecule has 0 unspecified atom stereocenters. The zero-order valence-corrected chi connectivity index (χ0v) is 7.26. The van der Waals surface area contributed by atoms with Gasteiger partial charge in [-0.25, -0.2) is 0 Å². The summed E-state index contributed by atoms with van der Waals surface area (Å²) < 4.78 is 5.65. The minimum Gasteiger partial charge on any atom is -0.378 e. The van der Waals surface area contributed by atoms with E-state index in [2.05, 4.69) is 20.8 Å². The molecular formula is C9H18O. The molecule has 0 N–H and O–H groups in total. The highest BCUT2D eigenvalue weighted by Crippen LogP contribution is 2.25. The zero-order valence-electron chi connectivity index (χ0n) is 7.26. The van der Waals surface area contributed by atoms with Crippen LogP contribution in [0.3, 0.4) is 0 Å². The molecule has 1 aliphatic heterocycles. The Hall–Kier alpha value is -0.0400. The van der Waals surface area contributed by atoms with Crippen LogP contribution in [0.1, 0.15) is 33.6 Å². The second-order valence-electron chi connectivity index (χ2n) is 3.70. The van der Waals surface area contributed by atoms with Crippen LogP contribution in [-0.2, 0) is 4.74 Å². The SMILES string of the molecule is CC(C)[C@H]1OCCC[C@H]1C. The van der Waals surface area contributed by atoms with Crippen molar-refractivity contribution in [1.82, 2.24) is 0 Å². The Morgan fingerprint density at radius 3 is 2.50 bits per heavy atom. The molecular weight excluding hydrogens is 124 g/mol. The predicted octanol–water partition coefficient (Wildman–Crippen LogP) is 2.46. The average Bonchev–Trinajstić information content (AvgIpc) is 1.88. The van der Waals surface area contributed by atoms with Crippen LogP contribution in [0.5, 0.6) is 0 Å². The lowest BCUT2D eigenvalue weighted by Crippen LogP contribution is -2.31. The molecule has 0 aromatic rings. The number of ether oxygens (including phenoxy) is 1. The lowest BCUT2D eigenvalue weighted by molar-refractivity contribution is -0.0464. The summed E-state index contributed by atoms with van der Waals surface area (Å²) in [4.78, 5) is 0. The van der Waals surface area contributed by atoms with Gasteiger partial charge in [-0.3, -0.25) is 0 Å². The molecule has 0 radical (unpaired) electrons. The molecule has 0 bridgehead atoms. The number of hydrogen-bond donors (Lipinski definition) is 0. The highest BCUT2D eigenvalue weighted by molar-refractivity contribution is 4.73. The highest BCUT2D eigenvalue weighted by Gasteiger charge is 2.24. The molecule has 0 spiro atoms.